The molecule has 20 heavy (non-hydrogen) atoms. The summed E-state index contributed by atoms with van der Waals surface area (Å²) in [6, 6.07) is 5.40. The van der Waals surface area contributed by atoms with Crippen LogP contribution in [0.2, 0.25) is 0 Å². The van der Waals surface area contributed by atoms with Crippen molar-refractivity contribution >= 4 is 40.3 Å². The Morgan fingerprint density at radius 1 is 1.50 bits per heavy atom. The number of nitrogens with one attached hydrogen (secondary N) is 1. The zero-order chi connectivity index (χ0) is 14.3. The second kappa shape index (κ2) is 4.82. The number of aromatic amines is 1. The Morgan fingerprint density at radius 2 is 2.30 bits per heavy atom. The number of hydrogen-bond donors (Lipinski definition) is 2. The Labute approximate surface area is 119 Å². The van der Waals surface area contributed by atoms with Crippen molar-refractivity contribution in [2.75, 3.05) is 12.3 Å². The molecule has 2 heterocycles. The van der Waals surface area contributed by atoms with Gasteiger partial charge in [0.25, 0.3) is 0 Å². The quantitative estimate of drug-likeness (QED) is 0.658. The van der Waals surface area contributed by atoms with Crippen molar-refractivity contribution in [2.45, 2.75) is 23.8 Å². The van der Waals surface area contributed by atoms with Gasteiger partial charge in [-0.3, -0.25) is 14.5 Å². The predicted octanol–water partition coefficient (Wildman–Crippen LogP) is 1.38. The Balaban J connectivity index is 1.83. The maximum Gasteiger partial charge on any atom is 0.243 e. The van der Waals surface area contributed by atoms with Crippen LogP contribution < -0.4 is 5.73 Å². The Bertz CT molecular complexity index is 697. The summed E-state index contributed by atoms with van der Waals surface area (Å²) in [5.41, 5.74) is 8.00. The maximum atomic E-state index is 12.0. The molecule has 1 atom stereocenters. The van der Waals surface area contributed by atoms with E-state index in [9.17, 15) is 9.59 Å². The van der Waals surface area contributed by atoms with Crippen LogP contribution in [0.25, 0.3) is 11.0 Å². The molecule has 0 aliphatic carbocycles. The van der Waals surface area contributed by atoms with Crippen molar-refractivity contribution in [1.29, 1.82) is 0 Å². The number of nitrogens with zero attached hydrogens (tertiary/aromatic N) is 2. The number of hydrogen-bond acceptors (Lipinski definition) is 5. The van der Waals surface area contributed by atoms with Gasteiger partial charge < -0.3 is 10.7 Å². The molecule has 2 amide bonds. The molecule has 1 unspecified atom stereocenters. The van der Waals surface area contributed by atoms with Gasteiger partial charge in [-0.1, -0.05) is 11.8 Å². The van der Waals surface area contributed by atoms with E-state index in [0.717, 1.165) is 11.0 Å². The minimum Gasteiger partial charge on any atom is -0.399 e. The van der Waals surface area contributed by atoms with Gasteiger partial charge in [0, 0.05) is 18.7 Å². The van der Waals surface area contributed by atoms with E-state index >= 15 is 0 Å². The van der Waals surface area contributed by atoms with Crippen molar-refractivity contribution in [3.8, 4) is 0 Å². The van der Waals surface area contributed by atoms with Crippen LogP contribution in [0, 0.1) is 0 Å². The Kier molecular flexibility index (Phi) is 3.13. The summed E-state index contributed by atoms with van der Waals surface area (Å²) in [6.07, 6.45) is 0.233. The molecule has 0 saturated carbocycles. The molecule has 1 fully saturated rings. The maximum absolute atomic E-state index is 12.0. The number of benzene rings is 1. The number of fused-ring (bicyclic) bond motifs is 1. The first kappa shape index (κ1) is 13.0. The molecule has 2 aromatic rings. The summed E-state index contributed by atoms with van der Waals surface area (Å²) in [5.74, 6) is -0.252. The highest BCUT2D eigenvalue weighted by atomic mass is 32.2. The second-order valence-electron chi connectivity index (χ2n) is 4.61. The standard InChI is InChI=1S/C13H14N4O2S/c1-2-17-11(18)6-10(12(17)19)20-13-15-8-4-3-7(14)5-9(8)16-13/h3-5,10H,2,6,14H2,1H3,(H,15,16). The number of likely N-dealkylation sites (tertiary alicyclic amines) is 1. The number of carbonyl (C=O) groups excluding carboxylic acids is 2. The Morgan fingerprint density at radius 3 is 3.00 bits per heavy atom. The van der Waals surface area contributed by atoms with Crippen molar-refractivity contribution in [2.24, 2.45) is 0 Å². The molecular weight excluding hydrogens is 276 g/mol. The van der Waals surface area contributed by atoms with E-state index in [4.69, 9.17) is 5.73 Å². The first-order valence-electron chi connectivity index (χ1n) is 6.34. The molecule has 3 rings (SSSR count). The van der Waals surface area contributed by atoms with Gasteiger partial charge in [-0.2, -0.15) is 0 Å². The zero-order valence-electron chi connectivity index (χ0n) is 10.9. The van der Waals surface area contributed by atoms with Crippen LogP contribution in [0.3, 0.4) is 0 Å². The number of H-pyrrole nitrogens is 1. The third-order valence-corrected chi connectivity index (χ3v) is 4.33. The van der Waals surface area contributed by atoms with Gasteiger partial charge in [-0.15, -0.1) is 0 Å². The summed E-state index contributed by atoms with van der Waals surface area (Å²) in [6.45, 7) is 2.22. The van der Waals surface area contributed by atoms with Crippen molar-refractivity contribution in [3.05, 3.63) is 18.2 Å². The number of amides is 2. The average molecular weight is 290 g/mol. The van der Waals surface area contributed by atoms with Crippen LogP contribution in [-0.2, 0) is 9.59 Å². The number of rotatable bonds is 3. The SMILES string of the molecule is CCN1C(=O)CC(Sc2nc3ccc(N)cc3[nH]2)C1=O. The van der Waals surface area contributed by atoms with Crippen LogP contribution >= 0.6 is 11.8 Å². The van der Waals surface area contributed by atoms with Gasteiger partial charge in [0.2, 0.25) is 11.8 Å². The smallest absolute Gasteiger partial charge is 0.243 e. The lowest BCUT2D eigenvalue weighted by Crippen LogP contribution is -2.30. The third kappa shape index (κ3) is 2.14. The highest BCUT2D eigenvalue weighted by molar-refractivity contribution is 8.00. The molecule has 1 aliphatic heterocycles. The summed E-state index contributed by atoms with van der Waals surface area (Å²) in [7, 11) is 0. The second-order valence-corrected chi connectivity index (χ2v) is 5.80. The van der Waals surface area contributed by atoms with Gasteiger partial charge in [0.15, 0.2) is 5.16 Å². The lowest BCUT2D eigenvalue weighted by atomic mass is 10.3. The molecule has 1 aromatic carbocycles. The van der Waals surface area contributed by atoms with Crippen LogP contribution in [-0.4, -0.2) is 38.5 Å². The van der Waals surface area contributed by atoms with Crippen LogP contribution in [0.1, 0.15) is 13.3 Å². The summed E-state index contributed by atoms with van der Waals surface area (Å²) < 4.78 is 0. The van der Waals surface area contributed by atoms with Crippen molar-refractivity contribution < 1.29 is 9.59 Å². The molecule has 1 saturated heterocycles. The van der Waals surface area contributed by atoms with E-state index in [1.807, 2.05) is 6.07 Å². The molecule has 0 radical (unpaired) electrons. The molecule has 6 nitrogen and oxygen atoms in total. The van der Waals surface area contributed by atoms with Crippen LogP contribution in [0.15, 0.2) is 23.4 Å². The van der Waals surface area contributed by atoms with E-state index in [1.54, 1.807) is 19.1 Å². The number of nitrogens with two attached hydrogens (primary N) is 1. The third-order valence-electron chi connectivity index (χ3n) is 3.26. The highest BCUT2D eigenvalue weighted by Crippen LogP contribution is 2.31. The number of thioether (sulfide) groups is 1. The average Bonchev–Trinajstić information content (AvgIpc) is 2.91. The number of nitrogen functional groups attached to an aromatic ring is 1. The lowest BCUT2D eigenvalue weighted by molar-refractivity contribution is -0.137. The molecule has 1 aromatic heterocycles. The largest absolute Gasteiger partial charge is 0.399 e. The van der Waals surface area contributed by atoms with Gasteiger partial charge in [-0.25, -0.2) is 4.98 Å². The highest BCUT2D eigenvalue weighted by Gasteiger charge is 2.38. The van der Waals surface area contributed by atoms with Crippen LogP contribution in [0.5, 0.6) is 0 Å². The number of carbonyl (C=O) groups is 2. The lowest BCUT2D eigenvalue weighted by Gasteiger charge is -2.10. The van der Waals surface area contributed by atoms with Gasteiger partial charge in [0.1, 0.15) is 5.25 Å². The van der Waals surface area contributed by atoms with E-state index < -0.39 is 0 Å². The molecule has 0 spiro atoms. The first-order valence-corrected chi connectivity index (χ1v) is 7.22. The minimum atomic E-state index is -0.389. The molecule has 104 valence electrons. The first-order chi connectivity index (χ1) is 9.58. The number of anilines is 1. The molecule has 3 N–H and O–H groups in total. The fourth-order valence-corrected chi connectivity index (χ4v) is 3.31. The molecule has 7 heteroatoms. The van der Waals surface area contributed by atoms with Gasteiger partial charge in [-0.05, 0) is 25.1 Å². The molecular formula is C13H14N4O2S. The van der Waals surface area contributed by atoms with E-state index in [0.29, 0.717) is 17.4 Å². The van der Waals surface area contributed by atoms with Crippen LogP contribution in [0.4, 0.5) is 5.69 Å². The zero-order valence-corrected chi connectivity index (χ0v) is 11.7. The van der Waals surface area contributed by atoms with Gasteiger partial charge in [0.05, 0.1) is 11.0 Å². The monoisotopic (exact) mass is 290 g/mol. The predicted molar refractivity (Wildman–Crippen MR) is 77.2 cm³/mol. The summed E-state index contributed by atoms with van der Waals surface area (Å²) in [4.78, 5) is 32.5. The van der Waals surface area contributed by atoms with E-state index in [1.165, 1.54) is 16.7 Å². The van der Waals surface area contributed by atoms with Gasteiger partial charge >= 0.3 is 0 Å². The van der Waals surface area contributed by atoms with Crippen molar-refractivity contribution in [1.82, 2.24) is 14.9 Å². The number of aromatic nitrogens is 2. The normalized spacial score (nSPS) is 19.2. The topological polar surface area (TPSA) is 92.1 Å². The van der Waals surface area contributed by atoms with E-state index in [-0.39, 0.29) is 23.5 Å². The van der Waals surface area contributed by atoms with Crippen molar-refractivity contribution in [3.63, 3.8) is 0 Å². The van der Waals surface area contributed by atoms with E-state index in [2.05, 4.69) is 9.97 Å². The summed E-state index contributed by atoms with van der Waals surface area (Å²) >= 11 is 1.29. The number of imide groups is 1. The fourth-order valence-electron chi connectivity index (χ4n) is 2.27. The minimum absolute atomic E-state index is 0.115. The molecule has 1 aliphatic rings. The fraction of sp³-hybridized carbons (Fsp3) is 0.308. The Hall–Kier alpha value is -2.02. The number of imidazole rings is 1. The summed E-state index contributed by atoms with van der Waals surface area (Å²) in [5, 5.41) is 0.245. The molecule has 0 bridgehead atoms.